The summed E-state index contributed by atoms with van der Waals surface area (Å²) in [6.07, 6.45) is 91.4. The van der Waals surface area contributed by atoms with Crippen LogP contribution in [0.5, 0.6) is 0 Å². The molecule has 0 amide bonds. The van der Waals surface area contributed by atoms with E-state index in [0.29, 0.717) is 19.3 Å². The second-order valence-electron chi connectivity index (χ2n) is 25.2. The van der Waals surface area contributed by atoms with E-state index in [2.05, 4.69) is 69.4 Å². The molecular formula is C77H142O6. The molecule has 1 unspecified atom stereocenters. The molecule has 6 heteroatoms. The molecule has 6 nitrogen and oxygen atoms in total. The molecule has 0 aliphatic heterocycles. The van der Waals surface area contributed by atoms with Gasteiger partial charge in [-0.2, -0.15) is 0 Å². The third-order valence-corrected chi connectivity index (χ3v) is 16.8. The monoisotopic (exact) mass is 1160 g/mol. The molecule has 0 fully saturated rings. The standard InChI is InChI=1S/C77H142O6/c1-4-7-10-13-16-19-22-25-28-31-33-35-37-39-41-42-44-46-49-52-55-58-61-64-67-70-76(79)82-73-74(72-81-75(78)69-66-63-60-57-54-51-48-30-27-24-21-18-15-12-9-6-3)83-77(80)71-68-65-62-59-56-53-50-47-45-43-40-38-36-34-32-29-26-23-20-17-14-11-8-5-2/h22,25,30-31,33,37,39,48,74H,4-21,23-24,26-29,32,34-36,38,40-47,49-73H2,1-3H3/b25-22-,33-31-,39-37-,48-30-. The van der Waals surface area contributed by atoms with Gasteiger partial charge in [0.2, 0.25) is 0 Å². The largest absolute Gasteiger partial charge is 0.462 e. The van der Waals surface area contributed by atoms with Crippen LogP contribution in [0.3, 0.4) is 0 Å². The topological polar surface area (TPSA) is 78.9 Å². The predicted molar refractivity (Wildman–Crippen MR) is 362 cm³/mol. The van der Waals surface area contributed by atoms with E-state index in [1.54, 1.807) is 0 Å². The lowest BCUT2D eigenvalue weighted by atomic mass is 10.0. The summed E-state index contributed by atoms with van der Waals surface area (Å²) < 4.78 is 17.0. The molecule has 0 rings (SSSR count). The summed E-state index contributed by atoms with van der Waals surface area (Å²) in [5, 5.41) is 0. The lowest BCUT2D eigenvalue weighted by Gasteiger charge is -2.18. The molecule has 486 valence electrons. The van der Waals surface area contributed by atoms with Crippen LogP contribution in [0.25, 0.3) is 0 Å². The first-order valence-corrected chi connectivity index (χ1v) is 37.1. The Kier molecular flexibility index (Phi) is 69.6. The molecule has 0 aliphatic rings. The van der Waals surface area contributed by atoms with E-state index in [9.17, 15) is 14.4 Å². The van der Waals surface area contributed by atoms with Crippen LogP contribution in [0.1, 0.15) is 406 Å². The highest BCUT2D eigenvalue weighted by Crippen LogP contribution is 2.19. The Hall–Kier alpha value is -2.63. The van der Waals surface area contributed by atoms with E-state index in [4.69, 9.17) is 14.2 Å². The summed E-state index contributed by atoms with van der Waals surface area (Å²) in [5.74, 6) is -0.856. The SMILES string of the molecule is CCCCCCC/C=C\C/C=C\C/C=C\CCCCCCCCCCCCC(=O)OCC(COC(=O)CCCCCCC/C=C\CCCCCCCCC)OC(=O)CCCCCCCCCCCCCCCCCCCCCCCCCC. The van der Waals surface area contributed by atoms with E-state index in [-0.39, 0.29) is 31.1 Å². The predicted octanol–water partition coefficient (Wildman–Crippen LogP) is 25.7. The molecule has 0 aromatic carbocycles. The maximum Gasteiger partial charge on any atom is 0.306 e. The second kappa shape index (κ2) is 71.8. The zero-order valence-corrected chi connectivity index (χ0v) is 56.0. The average Bonchev–Trinajstić information content (AvgIpc) is 3.50. The number of esters is 3. The van der Waals surface area contributed by atoms with Gasteiger partial charge in [-0.25, -0.2) is 0 Å². The fourth-order valence-corrected chi connectivity index (χ4v) is 11.2. The van der Waals surface area contributed by atoms with Crippen molar-refractivity contribution in [2.24, 2.45) is 0 Å². The Balaban J connectivity index is 4.30. The third-order valence-electron chi connectivity index (χ3n) is 16.8. The van der Waals surface area contributed by atoms with Gasteiger partial charge in [-0.1, -0.05) is 352 Å². The molecule has 0 bridgehead atoms. The van der Waals surface area contributed by atoms with Gasteiger partial charge >= 0.3 is 17.9 Å². The highest BCUT2D eigenvalue weighted by Gasteiger charge is 2.19. The van der Waals surface area contributed by atoms with Crippen LogP contribution in [0.2, 0.25) is 0 Å². The Morgan fingerprint density at radius 2 is 0.434 bits per heavy atom. The molecular weight excluding hydrogens is 1020 g/mol. The number of hydrogen-bond acceptors (Lipinski definition) is 6. The van der Waals surface area contributed by atoms with Gasteiger partial charge in [0, 0.05) is 19.3 Å². The van der Waals surface area contributed by atoms with Crippen molar-refractivity contribution in [2.75, 3.05) is 13.2 Å². The van der Waals surface area contributed by atoms with Gasteiger partial charge in [-0.15, -0.1) is 0 Å². The van der Waals surface area contributed by atoms with Crippen LogP contribution < -0.4 is 0 Å². The quantitative estimate of drug-likeness (QED) is 0.0261. The second-order valence-corrected chi connectivity index (χ2v) is 25.2. The molecule has 1 atom stereocenters. The summed E-state index contributed by atoms with van der Waals surface area (Å²) >= 11 is 0. The first-order chi connectivity index (χ1) is 41.0. The molecule has 0 saturated carbocycles. The number of carbonyl (C=O) groups excluding carboxylic acids is 3. The van der Waals surface area contributed by atoms with Gasteiger partial charge in [0.25, 0.3) is 0 Å². The maximum absolute atomic E-state index is 13.0. The van der Waals surface area contributed by atoms with Crippen molar-refractivity contribution in [3.8, 4) is 0 Å². The van der Waals surface area contributed by atoms with Crippen LogP contribution in [-0.4, -0.2) is 37.2 Å². The fourth-order valence-electron chi connectivity index (χ4n) is 11.2. The number of hydrogen-bond donors (Lipinski definition) is 0. The van der Waals surface area contributed by atoms with Crippen molar-refractivity contribution >= 4 is 17.9 Å². The van der Waals surface area contributed by atoms with Gasteiger partial charge in [-0.3, -0.25) is 14.4 Å². The van der Waals surface area contributed by atoms with Crippen molar-refractivity contribution in [1.29, 1.82) is 0 Å². The van der Waals surface area contributed by atoms with Crippen LogP contribution in [-0.2, 0) is 28.6 Å². The lowest BCUT2D eigenvalue weighted by molar-refractivity contribution is -0.167. The minimum Gasteiger partial charge on any atom is -0.462 e. The van der Waals surface area contributed by atoms with Gasteiger partial charge in [0.15, 0.2) is 6.10 Å². The van der Waals surface area contributed by atoms with Crippen molar-refractivity contribution in [3.63, 3.8) is 0 Å². The average molecular weight is 1160 g/mol. The van der Waals surface area contributed by atoms with Crippen molar-refractivity contribution in [1.82, 2.24) is 0 Å². The van der Waals surface area contributed by atoms with E-state index in [0.717, 1.165) is 77.0 Å². The van der Waals surface area contributed by atoms with Crippen LogP contribution in [0, 0.1) is 0 Å². The molecule has 0 N–H and O–H groups in total. The van der Waals surface area contributed by atoms with Gasteiger partial charge in [0.1, 0.15) is 13.2 Å². The highest BCUT2D eigenvalue weighted by molar-refractivity contribution is 5.71. The first kappa shape index (κ1) is 80.4. The Bertz CT molecular complexity index is 1430. The number of ether oxygens (including phenoxy) is 3. The Morgan fingerprint density at radius 3 is 0.687 bits per heavy atom. The zero-order chi connectivity index (χ0) is 59.9. The lowest BCUT2D eigenvalue weighted by Crippen LogP contribution is -2.30. The molecule has 0 heterocycles. The Morgan fingerprint density at radius 1 is 0.241 bits per heavy atom. The van der Waals surface area contributed by atoms with Crippen LogP contribution in [0.15, 0.2) is 48.6 Å². The Labute approximate surface area is 518 Å². The molecule has 0 aromatic heterocycles. The first-order valence-electron chi connectivity index (χ1n) is 37.1. The summed E-state index contributed by atoms with van der Waals surface area (Å²) in [6, 6.07) is 0. The van der Waals surface area contributed by atoms with E-state index in [1.807, 2.05) is 0 Å². The molecule has 0 saturated heterocycles. The summed E-state index contributed by atoms with van der Waals surface area (Å²) in [4.78, 5) is 38.5. The normalized spacial score (nSPS) is 12.3. The summed E-state index contributed by atoms with van der Waals surface area (Å²) in [5.41, 5.74) is 0. The number of unbranched alkanes of at least 4 members (excludes halogenated alkanes) is 50. The summed E-state index contributed by atoms with van der Waals surface area (Å²) in [6.45, 7) is 6.69. The molecule has 0 aromatic rings. The minimum absolute atomic E-state index is 0.0735. The van der Waals surface area contributed by atoms with Gasteiger partial charge in [0.05, 0.1) is 0 Å². The van der Waals surface area contributed by atoms with Crippen LogP contribution >= 0.6 is 0 Å². The van der Waals surface area contributed by atoms with Gasteiger partial charge < -0.3 is 14.2 Å². The summed E-state index contributed by atoms with van der Waals surface area (Å²) in [7, 11) is 0. The van der Waals surface area contributed by atoms with Crippen molar-refractivity contribution in [3.05, 3.63) is 48.6 Å². The van der Waals surface area contributed by atoms with E-state index in [1.165, 1.54) is 289 Å². The molecule has 0 aliphatic carbocycles. The minimum atomic E-state index is -0.778. The number of rotatable bonds is 69. The zero-order valence-electron chi connectivity index (χ0n) is 56.0. The van der Waals surface area contributed by atoms with Gasteiger partial charge in [-0.05, 0) is 83.5 Å². The van der Waals surface area contributed by atoms with E-state index < -0.39 is 6.10 Å². The fraction of sp³-hybridized carbons (Fsp3) is 0.857. The highest BCUT2D eigenvalue weighted by atomic mass is 16.6. The molecule has 0 spiro atoms. The smallest absolute Gasteiger partial charge is 0.306 e. The third kappa shape index (κ3) is 70.0. The molecule has 83 heavy (non-hydrogen) atoms. The van der Waals surface area contributed by atoms with Crippen LogP contribution in [0.4, 0.5) is 0 Å². The maximum atomic E-state index is 13.0. The van der Waals surface area contributed by atoms with E-state index >= 15 is 0 Å². The number of carbonyl (C=O) groups is 3. The molecule has 0 radical (unpaired) electrons. The van der Waals surface area contributed by atoms with Crippen molar-refractivity contribution < 1.29 is 28.6 Å². The number of allylic oxidation sites excluding steroid dienone is 8. The van der Waals surface area contributed by atoms with Crippen molar-refractivity contribution in [2.45, 2.75) is 412 Å².